The average molecular weight is 283 g/mol. The maximum atomic E-state index is 10.8. The summed E-state index contributed by atoms with van der Waals surface area (Å²) in [5.74, 6) is 0. The summed E-state index contributed by atoms with van der Waals surface area (Å²) < 4.78 is 30.5. The number of nitrogens with one attached hydrogen (secondary N) is 1. The first-order valence-corrected chi connectivity index (χ1v) is 6.06. The Morgan fingerprint density at radius 1 is 1.35 bits per heavy atom. The van der Waals surface area contributed by atoms with Crippen molar-refractivity contribution in [1.29, 1.82) is 0 Å². The Kier molecular flexibility index (Phi) is 4.77. The number of hydrogen-bond donors (Lipinski definition) is 2. The Morgan fingerprint density at radius 2 is 2.06 bits per heavy atom. The van der Waals surface area contributed by atoms with Gasteiger partial charge in [0.15, 0.2) is 0 Å². The van der Waals surface area contributed by atoms with Crippen molar-refractivity contribution in [2.45, 2.75) is 4.90 Å². The van der Waals surface area contributed by atoms with E-state index in [1.165, 1.54) is 18.5 Å². The number of pyridine rings is 1. The van der Waals surface area contributed by atoms with E-state index in [0.717, 1.165) is 0 Å². The Hall–Kier alpha value is -0.370. The molecule has 0 saturated heterocycles. The van der Waals surface area contributed by atoms with E-state index in [1.54, 1.807) is 12.1 Å². The summed E-state index contributed by atoms with van der Waals surface area (Å²) in [6.07, 6.45) is 2.71. The third-order valence-electron chi connectivity index (χ3n) is 1.99. The first-order valence-electron chi connectivity index (χ1n) is 4.24. The van der Waals surface area contributed by atoms with Gasteiger partial charge in [-0.1, -0.05) is 11.6 Å². The molecule has 86 valence electrons. The van der Waals surface area contributed by atoms with Crippen LogP contribution in [0.2, 0.25) is 5.15 Å². The summed E-state index contributed by atoms with van der Waals surface area (Å²) in [4.78, 5) is 6.35. The van der Waals surface area contributed by atoms with E-state index in [0.29, 0.717) is 16.4 Å². The molecule has 0 unspecified atom stereocenters. The summed E-state index contributed by atoms with van der Waals surface area (Å²) in [7, 11) is -4.18. The van der Waals surface area contributed by atoms with Gasteiger partial charge < -0.3 is 4.98 Å². The van der Waals surface area contributed by atoms with Crippen molar-refractivity contribution in [2.24, 2.45) is 0 Å². The van der Waals surface area contributed by atoms with E-state index >= 15 is 0 Å². The van der Waals surface area contributed by atoms with Crippen molar-refractivity contribution in [2.75, 3.05) is 0 Å². The summed E-state index contributed by atoms with van der Waals surface area (Å²) in [5.41, 5.74) is 1.23. The molecule has 0 bridgehead atoms. The standard InChI is InChI=1S/C9H7ClN2O3S.Na.H/c10-9-3-6(1-2-11-9)8-4-7(5-12-8)16(13,14)15;;/h1-5,12H,(H,13,14,15);;. The van der Waals surface area contributed by atoms with Gasteiger partial charge in [-0.15, -0.1) is 0 Å². The van der Waals surface area contributed by atoms with Crippen molar-refractivity contribution in [1.82, 2.24) is 9.97 Å². The Labute approximate surface area is 125 Å². The molecule has 2 aromatic rings. The van der Waals surface area contributed by atoms with Crippen molar-refractivity contribution >= 4 is 51.3 Å². The van der Waals surface area contributed by atoms with E-state index in [4.69, 9.17) is 16.2 Å². The summed E-state index contributed by atoms with van der Waals surface area (Å²) in [6.45, 7) is 0. The molecule has 5 nitrogen and oxygen atoms in total. The van der Waals surface area contributed by atoms with Crippen LogP contribution in [0.1, 0.15) is 0 Å². The van der Waals surface area contributed by atoms with Gasteiger partial charge in [0.1, 0.15) is 10.0 Å². The van der Waals surface area contributed by atoms with Gasteiger partial charge in [0, 0.05) is 23.7 Å². The number of hydrogen-bond acceptors (Lipinski definition) is 3. The Balaban J connectivity index is 0.00000144. The Morgan fingerprint density at radius 3 is 2.59 bits per heavy atom. The zero-order valence-electron chi connectivity index (χ0n) is 7.88. The molecule has 0 aliphatic rings. The molecule has 2 aromatic heterocycles. The fourth-order valence-electron chi connectivity index (χ4n) is 1.26. The monoisotopic (exact) mass is 282 g/mol. The van der Waals surface area contributed by atoms with E-state index < -0.39 is 10.1 Å². The van der Waals surface area contributed by atoms with Crippen molar-refractivity contribution < 1.29 is 13.0 Å². The van der Waals surface area contributed by atoms with E-state index in [-0.39, 0.29) is 34.5 Å². The second-order valence-electron chi connectivity index (χ2n) is 3.09. The number of aromatic nitrogens is 2. The molecule has 0 saturated carbocycles. The summed E-state index contributed by atoms with van der Waals surface area (Å²) >= 11 is 5.70. The van der Waals surface area contributed by atoms with E-state index in [1.807, 2.05) is 0 Å². The molecule has 0 radical (unpaired) electrons. The molecule has 0 aliphatic carbocycles. The first-order chi connectivity index (χ1) is 7.47. The van der Waals surface area contributed by atoms with Crippen molar-refractivity contribution in [3.8, 4) is 11.3 Å². The third kappa shape index (κ3) is 3.54. The van der Waals surface area contributed by atoms with Crippen LogP contribution in [-0.4, -0.2) is 52.5 Å². The molecule has 2 N–H and O–H groups in total. The van der Waals surface area contributed by atoms with Gasteiger partial charge in [-0.25, -0.2) is 4.98 Å². The van der Waals surface area contributed by atoms with E-state index in [9.17, 15) is 8.42 Å². The number of rotatable bonds is 2. The predicted octanol–water partition coefficient (Wildman–Crippen LogP) is 1.33. The van der Waals surface area contributed by atoms with Crippen LogP contribution >= 0.6 is 11.6 Å². The van der Waals surface area contributed by atoms with Gasteiger partial charge >= 0.3 is 29.6 Å². The molecular formula is C9H8ClN2NaO3S. The SMILES string of the molecule is O=S(=O)(O)c1c[nH]c(-c2ccnc(Cl)c2)c1.[NaH]. The number of nitrogens with zero attached hydrogens (tertiary/aromatic N) is 1. The third-order valence-corrected chi connectivity index (χ3v) is 3.03. The molecule has 0 fully saturated rings. The molecule has 0 spiro atoms. The molecule has 0 atom stereocenters. The van der Waals surface area contributed by atoms with Crippen LogP contribution in [0.25, 0.3) is 11.3 Å². The second kappa shape index (κ2) is 5.51. The minimum atomic E-state index is -4.18. The summed E-state index contributed by atoms with van der Waals surface area (Å²) in [6, 6.07) is 4.58. The molecule has 0 aliphatic heterocycles. The van der Waals surface area contributed by atoms with Crippen LogP contribution in [-0.2, 0) is 10.1 Å². The second-order valence-corrected chi connectivity index (χ2v) is 4.90. The molecule has 8 heteroatoms. The number of halogens is 1. The maximum absolute atomic E-state index is 10.8. The Bertz CT molecular complexity index is 627. The van der Waals surface area contributed by atoms with Crippen LogP contribution < -0.4 is 0 Å². The predicted molar refractivity (Wildman–Crippen MR) is 66.0 cm³/mol. The topological polar surface area (TPSA) is 83.0 Å². The van der Waals surface area contributed by atoms with Crippen LogP contribution in [0, 0.1) is 0 Å². The molecule has 17 heavy (non-hydrogen) atoms. The fraction of sp³-hybridized carbons (Fsp3) is 0. The number of H-pyrrole nitrogens is 1. The van der Waals surface area contributed by atoms with Crippen LogP contribution in [0.3, 0.4) is 0 Å². The molecular weight excluding hydrogens is 275 g/mol. The molecule has 0 amide bonds. The van der Waals surface area contributed by atoms with Gasteiger partial charge in [0.05, 0.1) is 0 Å². The average Bonchev–Trinajstić information content (AvgIpc) is 2.65. The zero-order chi connectivity index (χ0) is 11.8. The first kappa shape index (κ1) is 14.7. The zero-order valence-corrected chi connectivity index (χ0v) is 9.46. The quantitative estimate of drug-likeness (QED) is 0.494. The van der Waals surface area contributed by atoms with E-state index in [2.05, 4.69) is 9.97 Å². The van der Waals surface area contributed by atoms with Crippen LogP contribution in [0.5, 0.6) is 0 Å². The van der Waals surface area contributed by atoms with Gasteiger partial charge in [-0.05, 0) is 18.2 Å². The van der Waals surface area contributed by atoms with Crippen molar-refractivity contribution in [3.63, 3.8) is 0 Å². The molecule has 0 aromatic carbocycles. The normalized spacial score (nSPS) is 10.9. The van der Waals surface area contributed by atoms with Crippen molar-refractivity contribution in [3.05, 3.63) is 35.7 Å². The molecule has 2 rings (SSSR count). The minimum absolute atomic E-state index is 0. The van der Waals surface area contributed by atoms with Gasteiger partial charge in [-0.3, -0.25) is 4.55 Å². The fourth-order valence-corrected chi connectivity index (χ4v) is 1.91. The summed E-state index contributed by atoms with van der Waals surface area (Å²) in [5, 5.41) is 0.306. The van der Waals surface area contributed by atoms with Gasteiger partial charge in [-0.2, -0.15) is 8.42 Å². The van der Waals surface area contributed by atoms with Crippen LogP contribution in [0.4, 0.5) is 0 Å². The molecule has 2 heterocycles. The van der Waals surface area contributed by atoms with Crippen LogP contribution in [0.15, 0.2) is 35.5 Å². The van der Waals surface area contributed by atoms with Gasteiger partial charge in [0.2, 0.25) is 0 Å². The number of aromatic amines is 1. The van der Waals surface area contributed by atoms with Gasteiger partial charge in [0.25, 0.3) is 10.1 Å².